The highest BCUT2D eigenvalue weighted by molar-refractivity contribution is 5.92. The largest absolute Gasteiger partial charge is 0.483 e. The summed E-state index contributed by atoms with van der Waals surface area (Å²) in [7, 11) is 0. The van der Waals surface area contributed by atoms with E-state index in [0.717, 1.165) is 17.7 Å². The van der Waals surface area contributed by atoms with Gasteiger partial charge in [0, 0.05) is 25.2 Å². The Morgan fingerprint density at radius 3 is 2.64 bits per heavy atom. The first kappa shape index (κ1) is 19.6. The van der Waals surface area contributed by atoms with Crippen molar-refractivity contribution in [3.05, 3.63) is 58.0 Å². The molecule has 148 valence electrons. The van der Waals surface area contributed by atoms with Crippen LogP contribution in [-0.4, -0.2) is 52.6 Å². The van der Waals surface area contributed by atoms with Crippen molar-refractivity contribution >= 4 is 11.8 Å². The maximum absolute atomic E-state index is 12.4. The van der Waals surface area contributed by atoms with Crippen LogP contribution in [0.3, 0.4) is 0 Å². The van der Waals surface area contributed by atoms with Gasteiger partial charge < -0.3 is 15.0 Å². The molecule has 0 spiro atoms. The zero-order chi connectivity index (χ0) is 19.9. The maximum Gasteiger partial charge on any atom is 0.271 e. The number of hydrogen-bond acceptors (Lipinski definition) is 5. The van der Waals surface area contributed by atoms with Gasteiger partial charge in [-0.15, -0.1) is 0 Å². The van der Waals surface area contributed by atoms with Crippen molar-refractivity contribution in [2.45, 2.75) is 32.2 Å². The number of amides is 2. The predicted octanol–water partition coefficient (Wildman–Crippen LogP) is 1.13. The van der Waals surface area contributed by atoms with E-state index in [1.165, 1.54) is 12.1 Å². The molecule has 1 fully saturated rings. The third-order valence-corrected chi connectivity index (χ3v) is 4.80. The Morgan fingerprint density at radius 2 is 1.96 bits per heavy atom. The van der Waals surface area contributed by atoms with Crippen molar-refractivity contribution in [1.82, 2.24) is 20.4 Å². The predicted molar refractivity (Wildman–Crippen MR) is 103 cm³/mol. The number of ether oxygens (including phenoxy) is 1. The van der Waals surface area contributed by atoms with Crippen molar-refractivity contribution in [3.8, 4) is 5.75 Å². The summed E-state index contributed by atoms with van der Waals surface area (Å²) in [5.74, 6) is 0.354. The summed E-state index contributed by atoms with van der Waals surface area (Å²) in [6.07, 6.45) is 2.17. The second kappa shape index (κ2) is 9.16. The van der Waals surface area contributed by atoms with Crippen LogP contribution < -0.4 is 15.6 Å². The minimum absolute atomic E-state index is 0.00926. The van der Waals surface area contributed by atoms with E-state index >= 15 is 0 Å². The summed E-state index contributed by atoms with van der Waals surface area (Å²) in [6.45, 7) is 3.17. The Kier molecular flexibility index (Phi) is 6.41. The van der Waals surface area contributed by atoms with Crippen molar-refractivity contribution in [2.75, 3.05) is 19.7 Å². The second-order valence-corrected chi connectivity index (χ2v) is 6.68. The second-order valence-electron chi connectivity index (χ2n) is 6.68. The first-order valence-corrected chi connectivity index (χ1v) is 9.42. The number of likely N-dealkylation sites (tertiary alicyclic amines) is 1. The fourth-order valence-electron chi connectivity index (χ4n) is 3.17. The molecule has 3 rings (SSSR count). The van der Waals surface area contributed by atoms with Gasteiger partial charge in [0.1, 0.15) is 11.4 Å². The van der Waals surface area contributed by atoms with Gasteiger partial charge in [-0.1, -0.05) is 25.1 Å². The lowest BCUT2D eigenvalue weighted by Crippen LogP contribution is -2.47. The molecule has 1 aromatic heterocycles. The molecule has 8 heteroatoms. The Labute approximate surface area is 162 Å². The van der Waals surface area contributed by atoms with Crippen LogP contribution in [0.2, 0.25) is 0 Å². The number of para-hydroxylation sites is 1. The minimum atomic E-state index is -0.354. The molecule has 0 atom stereocenters. The summed E-state index contributed by atoms with van der Waals surface area (Å²) in [5, 5.41) is 8.86. The average molecular weight is 384 g/mol. The third-order valence-electron chi connectivity index (χ3n) is 4.80. The molecular weight excluding hydrogens is 360 g/mol. The van der Waals surface area contributed by atoms with Gasteiger partial charge in [-0.25, -0.2) is 5.10 Å². The van der Waals surface area contributed by atoms with Crippen LogP contribution in [0.5, 0.6) is 5.75 Å². The first-order valence-electron chi connectivity index (χ1n) is 9.42. The number of carbonyl (C=O) groups is 2. The zero-order valence-corrected chi connectivity index (χ0v) is 15.8. The molecule has 1 saturated heterocycles. The Morgan fingerprint density at radius 1 is 1.21 bits per heavy atom. The summed E-state index contributed by atoms with van der Waals surface area (Å²) in [6, 6.07) is 10.3. The zero-order valence-electron chi connectivity index (χ0n) is 15.8. The molecule has 1 aromatic carbocycles. The monoisotopic (exact) mass is 384 g/mol. The molecule has 1 aliphatic heterocycles. The number of aromatic nitrogens is 2. The van der Waals surface area contributed by atoms with Crippen molar-refractivity contribution in [2.24, 2.45) is 0 Å². The van der Waals surface area contributed by atoms with Crippen LogP contribution >= 0.6 is 0 Å². The fraction of sp³-hybridized carbons (Fsp3) is 0.400. The minimum Gasteiger partial charge on any atom is -0.483 e. The van der Waals surface area contributed by atoms with E-state index in [0.29, 0.717) is 25.9 Å². The molecule has 0 bridgehead atoms. The van der Waals surface area contributed by atoms with Crippen molar-refractivity contribution < 1.29 is 14.3 Å². The molecule has 0 aliphatic carbocycles. The average Bonchev–Trinajstić information content (AvgIpc) is 2.73. The van der Waals surface area contributed by atoms with Gasteiger partial charge in [0.2, 0.25) is 0 Å². The lowest BCUT2D eigenvalue weighted by atomic mass is 10.0. The molecule has 2 amide bonds. The van der Waals surface area contributed by atoms with E-state index in [4.69, 9.17) is 4.74 Å². The molecule has 2 N–H and O–H groups in total. The van der Waals surface area contributed by atoms with E-state index < -0.39 is 0 Å². The molecule has 2 aromatic rings. The first-order chi connectivity index (χ1) is 13.6. The highest BCUT2D eigenvalue weighted by Crippen LogP contribution is 2.19. The van der Waals surface area contributed by atoms with E-state index in [1.807, 2.05) is 31.2 Å². The molecular formula is C20H24N4O4. The van der Waals surface area contributed by atoms with E-state index in [9.17, 15) is 14.4 Å². The normalized spacial score (nSPS) is 14.5. The number of aromatic amines is 1. The van der Waals surface area contributed by atoms with E-state index in [1.54, 1.807) is 4.90 Å². The van der Waals surface area contributed by atoms with E-state index in [-0.39, 0.29) is 35.7 Å². The summed E-state index contributed by atoms with van der Waals surface area (Å²) < 4.78 is 5.70. The van der Waals surface area contributed by atoms with Gasteiger partial charge in [-0.3, -0.25) is 14.4 Å². The molecule has 0 saturated carbocycles. The number of aryl methyl sites for hydroxylation is 1. The fourth-order valence-corrected chi connectivity index (χ4v) is 3.17. The van der Waals surface area contributed by atoms with Crippen LogP contribution in [0.15, 0.2) is 41.2 Å². The highest BCUT2D eigenvalue weighted by atomic mass is 16.5. The molecule has 28 heavy (non-hydrogen) atoms. The molecule has 8 nitrogen and oxygen atoms in total. The van der Waals surface area contributed by atoms with Crippen LogP contribution in [0.4, 0.5) is 0 Å². The number of nitrogens with zero attached hydrogens (tertiary/aromatic N) is 2. The SMILES string of the molecule is CCc1ccccc1OCC(=O)N1CCC(NC(=O)c2ccc(=O)[nH]n2)CC1. The lowest BCUT2D eigenvalue weighted by molar-refractivity contribution is -0.134. The topological polar surface area (TPSA) is 104 Å². The quantitative estimate of drug-likeness (QED) is 0.777. The van der Waals surface area contributed by atoms with Gasteiger partial charge in [-0.05, 0) is 37.0 Å². The lowest BCUT2D eigenvalue weighted by Gasteiger charge is -2.32. The summed E-state index contributed by atoms with van der Waals surface area (Å²) >= 11 is 0. The standard InChI is InChI=1S/C20H24N4O4/c1-2-14-5-3-4-6-17(14)28-13-19(26)24-11-9-15(10-12-24)21-20(27)16-7-8-18(25)23-22-16/h3-8,15H,2,9-13H2,1H3,(H,21,27)(H,23,25). The number of piperidine rings is 1. The number of rotatable bonds is 6. The Balaban J connectivity index is 1.45. The summed E-state index contributed by atoms with van der Waals surface area (Å²) in [5.41, 5.74) is 0.890. The van der Waals surface area contributed by atoms with Crippen LogP contribution in [0.25, 0.3) is 0 Å². The highest BCUT2D eigenvalue weighted by Gasteiger charge is 2.24. The number of H-pyrrole nitrogens is 1. The number of carbonyl (C=O) groups excluding carboxylic acids is 2. The Bertz CT molecular complexity index is 867. The van der Waals surface area contributed by atoms with Gasteiger partial charge in [0.05, 0.1) is 0 Å². The number of nitrogens with one attached hydrogen (secondary N) is 2. The van der Waals surface area contributed by atoms with Crippen molar-refractivity contribution in [3.63, 3.8) is 0 Å². The summed E-state index contributed by atoms with van der Waals surface area (Å²) in [4.78, 5) is 37.4. The van der Waals surface area contributed by atoms with Crippen LogP contribution in [0.1, 0.15) is 35.8 Å². The van der Waals surface area contributed by atoms with Gasteiger partial charge in [-0.2, -0.15) is 5.10 Å². The Hall–Kier alpha value is -3.16. The van der Waals surface area contributed by atoms with Gasteiger partial charge >= 0.3 is 0 Å². The van der Waals surface area contributed by atoms with Crippen LogP contribution in [0, 0.1) is 0 Å². The number of hydrogen-bond donors (Lipinski definition) is 2. The maximum atomic E-state index is 12.4. The molecule has 0 unspecified atom stereocenters. The molecule has 1 aliphatic rings. The molecule has 2 heterocycles. The third kappa shape index (κ3) is 4.97. The molecule has 0 radical (unpaired) electrons. The van der Waals surface area contributed by atoms with Crippen LogP contribution in [-0.2, 0) is 11.2 Å². The number of benzene rings is 1. The smallest absolute Gasteiger partial charge is 0.271 e. The van der Waals surface area contributed by atoms with Gasteiger partial charge in [0.25, 0.3) is 17.4 Å². The van der Waals surface area contributed by atoms with Gasteiger partial charge in [0.15, 0.2) is 6.61 Å². The van der Waals surface area contributed by atoms with Crippen molar-refractivity contribution in [1.29, 1.82) is 0 Å². The van der Waals surface area contributed by atoms with E-state index in [2.05, 4.69) is 15.5 Å².